The van der Waals surface area contributed by atoms with E-state index >= 15 is 0 Å². The summed E-state index contributed by atoms with van der Waals surface area (Å²) in [6, 6.07) is 0. The number of hydrogen-bond acceptors (Lipinski definition) is 2. The van der Waals surface area contributed by atoms with Crippen LogP contribution < -0.4 is 0 Å². The van der Waals surface area contributed by atoms with Gasteiger partial charge in [0.1, 0.15) is 0 Å². The van der Waals surface area contributed by atoms with Crippen molar-refractivity contribution in [1.82, 2.24) is 0 Å². The Morgan fingerprint density at radius 2 is 0.926 bits per heavy atom. The summed E-state index contributed by atoms with van der Waals surface area (Å²) in [5, 5.41) is 0. The van der Waals surface area contributed by atoms with Gasteiger partial charge in [0.15, 0.2) is 0 Å². The minimum Gasteiger partial charge on any atom is -0.324 e. The fraction of sp³-hybridized carbons (Fsp3) is 1.00. The standard InChI is InChI=1S/C15H27OP.C6H15OP.C2H6/c1-3-17(16,4-2)11-15-8-12-5-13(9-15)7-14(6-12)10-15;1-4-8(7,5-2)6-3;1-2/h12-14H,3-11H2,1-2H3;4-6H2,1-3H3;1-2H3. The van der Waals surface area contributed by atoms with Gasteiger partial charge in [-0.3, -0.25) is 0 Å². The predicted molar refractivity (Wildman–Crippen MR) is 125 cm³/mol. The van der Waals surface area contributed by atoms with Crippen molar-refractivity contribution in [3.63, 3.8) is 0 Å². The van der Waals surface area contributed by atoms with Crippen LogP contribution in [0.4, 0.5) is 0 Å². The normalized spacial score (nSPS) is 31.6. The Bertz CT molecular complexity index is 464. The molecule has 0 N–H and O–H groups in total. The van der Waals surface area contributed by atoms with E-state index in [0.29, 0.717) is 5.41 Å². The van der Waals surface area contributed by atoms with Crippen molar-refractivity contribution >= 4 is 14.3 Å². The molecule has 0 amide bonds. The van der Waals surface area contributed by atoms with E-state index in [1.165, 1.54) is 38.5 Å². The molecule has 4 saturated carbocycles. The van der Waals surface area contributed by atoms with Crippen LogP contribution in [0.15, 0.2) is 0 Å². The van der Waals surface area contributed by atoms with E-state index in [-0.39, 0.29) is 0 Å². The summed E-state index contributed by atoms with van der Waals surface area (Å²) in [5.41, 5.74) is 0.524. The third-order valence-corrected chi connectivity index (χ3v) is 14.7. The molecule has 4 aliphatic carbocycles. The van der Waals surface area contributed by atoms with Crippen LogP contribution in [0.25, 0.3) is 0 Å². The molecule has 4 heteroatoms. The average Bonchev–Trinajstić information content (AvgIpc) is 2.68. The Kier molecular flexibility index (Phi) is 10.4. The van der Waals surface area contributed by atoms with Gasteiger partial charge in [-0.2, -0.15) is 0 Å². The van der Waals surface area contributed by atoms with Crippen LogP contribution in [0.2, 0.25) is 0 Å². The summed E-state index contributed by atoms with van der Waals surface area (Å²) in [6.07, 6.45) is 14.4. The van der Waals surface area contributed by atoms with Gasteiger partial charge in [0, 0.05) is 6.16 Å². The molecule has 0 heterocycles. The lowest BCUT2D eigenvalue weighted by atomic mass is 9.50. The molecule has 0 aromatic rings. The molecular weight excluding hydrogens is 370 g/mol. The molecule has 4 rings (SSSR count). The van der Waals surface area contributed by atoms with Crippen LogP contribution >= 0.6 is 14.3 Å². The Balaban J connectivity index is 0.000000312. The SMILES string of the molecule is CC.CCP(=O)(CC)CC.CCP(=O)(CC)CC12CC3CC(CC(C3)C1)C2. The number of rotatable bonds is 7. The van der Waals surface area contributed by atoms with Gasteiger partial charge in [-0.15, -0.1) is 0 Å². The van der Waals surface area contributed by atoms with E-state index in [1.807, 2.05) is 34.6 Å². The molecule has 0 aliphatic heterocycles. The van der Waals surface area contributed by atoms with Crippen LogP contribution in [-0.2, 0) is 9.13 Å². The van der Waals surface area contributed by atoms with Crippen molar-refractivity contribution in [1.29, 1.82) is 0 Å². The summed E-state index contributed by atoms with van der Waals surface area (Å²) in [4.78, 5) is 0. The Morgan fingerprint density at radius 1 is 0.630 bits per heavy atom. The monoisotopic (exact) mass is 418 g/mol. The highest BCUT2D eigenvalue weighted by Crippen LogP contribution is 2.64. The third-order valence-electron chi connectivity index (χ3n) is 7.67. The van der Waals surface area contributed by atoms with E-state index in [2.05, 4.69) is 13.8 Å². The summed E-state index contributed by atoms with van der Waals surface area (Å²) in [5.74, 6) is 3.01. The minimum absolute atomic E-state index is 0.524. The van der Waals surface area contributed by atoms with E-state index in [4.69, 9.17) is 0 Å². The highest BCUT2D eigenvalue weighted by atomic mass is 31.2. The van der Waals surface area contributed by atoms with Gasteiger partial charge >= 0.3 is 0 Å². The molecular formula is C23H48O2P2. The van der Waals surface area contributed by atoms with E-state index in [9.17, 15) is 9.13 Å². The van der Waals surface area contributed by atoms with Gasteiger partial charge in [-0.05, 0) is 92.5 Å². The van der Waals surface area contributed by atoms with Crippen molar-refractivity contribution in [2.24, 2.45) is 23.2 Å². The van der Waals surface area contributed by atoms with Crippen molar-refractivity contribution in [3.8, 4) is 0 Å². The summed E-state index contributed by atoms with van der Waals surface area (Å²) in [7, 11) is -3.49. The van der Waals surface area contributed by atoms with Crippen molar-refractivity contribution in [2.75, 3.05) is 37.0 Å². The molecule has 4 fully saturated rings. The minimum atomic E-state index is -1.83. The largest absolute Gasteiger partial charge is 0.324 e. The first kappa shape index (κ1) is 25.5. The van der Waals surface area contributed by atoms with Crippen LogP contribution in [0, 0.1) is 23.2 Å². The highest BCUT2D eigenvalue weighted by Gasteiger charge is 2.52. The summed E-state index contributed by atoms with van der Waals surface area (Å²) in [6.45, 7) is 14.3. The summed E-state index contributed by atoms with van der Waals surface area (Å²) < 4.78 is 24.2. The molecule has 0 atom stereocenters. The predicted octanol–water partition coefficient (Wildman–Crippen LogP) is 8.04. The molecule has 4 aliphatic rings. The topological polar surface area (TPSA) is 34.1 Å². The van der Waals surface area contributed by atoms with Crippen molar-refractivity contribution in [2.45, 2.75) is 87.0 Å². The van der Waals surface area contributed by atoms with Gasteiger partial charge in [0.2, 0.25) is 0 Å². The fourth-order valence-corrected chi connectivity index (χ4v) is 10.1. The lowest BCUT2D eigenvalue weighted by Crippen LogP contribution is -2.47. The Hall–Kier alpha value is 0.460. The number of hydrogen-bond donors (Lipinski definition) is 0. The van der Waals surface area contributed by atoms with Crippen LogP contribution in [0.5, 0.6) is 0 Å². The quantitative estimate of drug-likeness (QED) is 0.392. The maximum atomic E-state index is 12.8. The Labute approximate surface area is 170 Å². The molecule has 162 valence electrons. The van der Waals surface area contributed by atoms with Gasteiger partial charge < -0.3 is 9.13 Å². The fourth-order valence-electron chi connectivity index (χ4n) is 6.21. The molecule has 2 nitrogen and oxygen atoms in total. The first-order valence-corrected chi connectivity index (χ1v) is 16.4. The molecule has 0 saturated heterocycles. The highest BCUT2D eigenvalue weighted by molar-refractivity contribution is 7.64. The Morgan fingerprint density at radius 3 is 1.15 bits per heavy atom. The third kappa shape index (κ3) is 6.74. The first-order chi connectivity index (χ1) is 12.7. The van der Waals surface area contributed by atoms with Gasteiger partial charge in [0.05, 0.1) is 14.3 Å². The zero-order valence-electron chi connectivity index (χ0n) is 19.4. The summed E-state index contributed by atoms with van der Waals surface area (Å²) >= 11 is 0. The van der Waals surface area contributed by atoms with Gasteiger partial charge in [-0.25, -0.2) is 0 Å². The maximum Gasteiger partial charge on any atom is 0.0877 e. The van der Waals surface area contributed by atoms with Crippen molar-refractivity contribution in [3.05, 3.63) is 0 Å². The second-order valence-corrected chi connectivity index (χ2v) is 17.0. The van der Waals surface area contributed by atoms with Crippen LogP contribution in [-0.4, -0.2) is 37.0 Å². The van der Waals surface area contributed by atoms with E-state index < -0.39 is 14.3 Å². The smallest absolute Gasteiger partial charge is 0.0877 e. The van der Waals surface area contributed by atoms with Crippen LogP contribution in [0.3, 0.4) is 0 Å². The molecule has 4 bridgehead atoms. The maximum absolute atomic E-state index is 12.8. The first-order valence-electron chi connectivity index (χ1n) is 11.9. The average molecular weight is 419 g/mol. The second kappa shape index (κ2) is 11.0. The van der Waals surface area contributed by atoms with Gasteiger partial charge in [-0.1, -0.05) is 48.5 Å². The van der Waals surface area contributed by atoms with E-state index in [1.54, 1.807) is 0 Å². The molecule has 0 aromatic heterocycles. The van der Waals surface area contributed by atoms with Crippen LogP contribution in [0.1, 0.15) is 87.0 Å². The molecule has 0 spiro atoms. The lowest BCUT2D eigenvalue weighted by Gasteiger charge is -2.57. The molecule has 0 aromatic carbocycles. The zero-order valence-corrected chi connectivity index (χ0v) is 21.2. The zero-order chi connectivity index (χ0) is 20.7. The second-order valence-electron chi connectivity index (χ2n) is 9.27. The molecule has 27 heavy (non-hydrogen) atoms. The van der Waals surface area contributed by atoms with E-state index in [0.717, 1.165) is 54.7 Å². The lowest BCUT2D eigenvalue weighted by molar-refractivity contribution is -0.0393. The van der Waals surface area contributed by atoms with Crippen molar-refractivity contribution < 1.29 is 9.13 Å². The molecule has 0 unspecified atom stereocenters. The molecule has 0 radical (unpaired) electrons. The van der Waals surface area contributed by atoms with Gasteiger partial charge in [0.25, 0.3) is 0 Å².